The molecule has 0 rings (SSSR count). The monoisotopic (exact) mass is 165 g/mol. The average molecular weight is 167 g/mol. The van der Waals surface area contributed by atoms with Crippen LogP contribution < -0.4 is 0 Å². The van der Waals surface area contributed by atoms with E-state index in [9.17, 15) is 0 Å². The van der Waals surface area contributed by atoms with Crippen molar-refractivity contribution in [3.05, 3.63) is 0 Å². The molecule has 0 spiro atoms. The van der Waals surface area contributed by atoms with Crippen LogP contribution in [0.4, 0.5) is 0 Å². The smallest absolute Gasteiger partial charge is 0 e. The Labute approximate surface area is 84.3 Å². The predicted octanol–water partition coefficient (Wildman–Crippen LogP) is -2.11. The van der Waals surface area contributed by atoms with Crippen LogP contribution in [-0.4, -0.2) is 40.4 Å². The molecule has 0 saturated heterocycles. The third kappa shape index (κ3) is 8.84. The molecule has 0 saturated carbocycles. The zero-order valence-electron chi connectivity index (χ0n) is 1.28. The van der Waals surface area contributed by atoms with Gasteiger partial charge in [-0.2, -0.15) is 0 Å². The number of rotatable bonds is 0. The molecule has 0 N–H and O–H groups in total. The Morgan fingerprint density at radius 3 is 1.00 bits per heavy atom. The van der Waals surface area contributed by atoms with Gasteiger partial charge < -0.3 is 0 Å². The first kappa shape index (κ1) is 29.2. The van der Waals surface area contributed by atoms with Crippen LogP contribution in [0.2, 0.25) is 0 Å². The van der Waals surface area contributed by atoms with E-state index in [1.807, 2.05) is 0 Å². The molecule has 0 atom stereocenters. The molecule has 0 fully saturated rings. The first-order chi connectivity index (χ1) is 0. The minimum Gasteiger partial charge on any atom is 0 e. The topological polar surface area (TPSA) is 0 Å². The standard InChI is InChI=1S/Al.Mg.Sc.Zn.5H. The number of hydrogen-bond donors (Lipinski definition) is 0. The molecule has 0 heterocycles. The van der Waals surface area contributed by atoms with Crippen LogP contribution in [0.15, 0.2) is 0 Å². The molecule has 4 heteroatoms. The van der Waals surface area contributed by atoms with Gasteiger partial charge in [0, 0.05) is 45.3 Å². The zero-order valence-corrected chi connectivity index (χ0v) is 6.05. The van der Waals surface area contributed by atoms with E-state index < -0.39 is 0 Å². The Kier molecular flexibility index (Phi) is 125. The van der Waals surface area contributed by atoms with Gasteiger partial charge in [-0.05, 0) is 0 Å². The summed E-state index contributed by atoms with van der Waals surface area (Å²) in [6.45, 7) is 0. The van der Waals surface area contributed by atoms with E-state index in [2.05, 4.69) is 0 Å². The van der Waals surface area contributed by atoms with Crippen LogP contribution in [-0.2, 0) is 45.3 Å². The molecule has 0 aromatic carbocycles. The van der Waals surface area contributed by atoms with Crippen molar-refractivity contribution in [1.29, 1.82) is 0 Å². The largest absolute Gasteiger partial charge is 0.316 e. The van der Waals surface area contributed by atoms with Crippen LogP contribution in [0.25, 0.3) is 0 Å². The van der Waals surface area contributed by atoms with Crippen LogP contribution in [0.3, 0.4) is 0 Å². The predicted molar refractivity (Wildman–Crippen MR) is 18.5 cm³/mol. The van der Waals surface area contributed by atoms with Crippen LogP contribution in [0.5, 0.6) is 0 Å². The Morgan fingerprint density at radius 1 is 1.00 bits per heavy atom. The van der Waals surface area contributed by atoms with E-state index in [0.29, 0.717) is 0 Å². The Bertz CT molecular complexity index is 8.00. The molecule has 4 heavy (non-hydrogen) atoms. The van der Waals surface area contributed by atoms with E-state index >= 15 is 0 Å². The third-order valence-electron chi connectivity index (χ3n) is 0. The fourth-order valence-electron chi connectivity index (χ4n) is 0. The molecule has 0 aliphatic heterocycles. The maximum atomic E-state index is 0. The van der Waals surface area contributed by atoms with Crippen molar-refractivity contribution < 1.29 is 45.3 Å². The van der Waals surface area contributed by atoms with Gasteiger partial charge in [-0.25, -0.2) is 0 Å². The molecule has 0 amide bonds. The van der Waals surface area contributed by atoms with Crippen molar-refractivity contribution in [3.63, 3.8) is 0 Å². The molecule has 1 radical (unpaired) electrons. The molecule has 0 unspecified atom stereocenters. The van der Waals surface area contributed by atoms with Crippen LogP contribution >= 0.6 is 0 Å². The fourth-order valence-corrected chi connectivity index (χ4v) is 0. The van der Waals surface area contributed by atoms with E-state index in [-0.39, 0.29) is 85.7 Å². The second-order valence-corrected chi connectivity index (χ2v) is 0. The van der Waals surface area contributed by atoms with Gasteiger partial charge in [0.1, 0.15) is 0 Å². The van der Waals surface area contributed by atoms with Crippen molar-refractivity contribution in [1.82, 2.24) is 0 Å². The Morgan fingerprint density at radius 2 is 1.00 bits per heavy atom. The Hall–Kier alpha value is 2.79. The van der Waals surface area contributed by atoms with Gasteiger partial charge in [0.05, 0.1) is 0 Å². The van der Waals surface area contributed by atoms with Gasteiger partial charge in [-0.15, -0.1) is 0 Å². The fraction of sp³-hybridized carbons (Fsp3) is 0. The molecule has 0 aromatic heterocycles. The van der Waals surface area contributed by atoms with E-state index in [1.165, 1.54) is 0 Å². The second-order valence-electron chi connectivity index (χ2n) is 0. The second kappa shape index (κ2) is 17.1. The molecular weight excluding hydrogens is 162 g/mol. The van der Waals surface area contributed by atoms with Gasteiger partial charge in [-0.1, -0.05) is 0 Å². The van der Waals surface area contributed by atoms with Crippen LogP contribution in [0.1, 0.15) is 0 Å². The van der Waals surface area contributed by atoms with E-state index in [0.717, 1.165) is 0 Å². The summed E-state index contributed by atoms with van der Waals surface area (Å²) >= 11 is 0. The van der Waals surface area contributed by atoms with Crippen LogP contribution in [0, 0.1) is 0 Å². The van der Waals surface area contributed by atoms with Gasteiger partial charge in [0.2, 0.25) is 0 Å². The van der Waals surface area contributed by atoms with Crippen molar-refractivity contribution in [2.24, 2.45) is 0 Å². The SMILES string of the molecule is [AlH3].[MgH2].[Sc].[Zn]. The molecular formula is H5AlMgScZn. The maximum absolute atomic E-state index is 0. The molecule has 15 valence electrons. The minimum absolute atomic E-state index is 0. The van der Waals surface area contributed by atoms with Crippen molar-refractivity contribution in [2.75, 3.05) is 0 Å². The first-order valence-electron chi connectivity index (χ1n) is 0. The third-order valence-corrected chi connectivity index (χ3v) is 0. The number of hydrogen-bond acceptors (Lipinski definition) is 0. The van der Waals surface area contributed by atoms with E-state index in [1.54, 1.807) is 0 Å². The van der Waals surface area contributed by atoms with Gasteiger partial charge in [0.15, 0.2) is 17.4 Å². The normalized spacial score (nSPS) is 0. The van der Waals surface area contributed by atoms with Gasteiger partial charge >= 0.3 is 23.1 Å². The average Bonchev–Trinajstić information content (AvgIpc) is 0. The molecule has 0 nitrogen and oxygen atoms in total. The first-order valence-corrected chi connectivity index (χ1v) is 0. The van der Waals surface area contributed by atoms with Gasteiger partial charge in [-0.3, -0.25) is 0 Å². The zero-order chi connectivity index (χ0) is 0. The minimum atomic E-state index is 0. The van der Waals surface area contributed by atoms with Crippen molar-refractivity contribution >= 4 is 40.4 Å². The molecule has 0 bridgehead atoms. The summed E-state index contributed by atoms with van der Waals surface area (Å²) in [7, 11) is 0. The van der Waals surface area contributed by atoms with Gasteiger partial charge in [0.25, 0.3) is 0 Å². The molecule has 0 aliphatic rings. The summed E-state index contributed by atoms with van der Waals surface area (Å²) in [5, 5.41) is 0. The van der Waals surface area contributed by atoms with E-state index in [4.69, 9.17) is 0 Å². The molecule has 0 aliphatic carbocycles. The Balaban J connectivity index is 0. The molecule has 0 aromatic rings. The summed E-state index contributed by atoms with van der Waals surface area (Å²) in [5.41, 5.74) is 0. The summed E-state index contributed by atoms with van der Waals surface area (Å²) in [6.07, 6.45) is 0. The summed E-state index contributed by atoms with van der Waals surface area (Å²) in [4.78, 5) is 0. The quantitative estimate of drug-likeness (QED) is 0.362. The summed E-state index contributed by atoms with van der Waals surface area (Å²) in [5.74, 6) is 0. The van der Waals surface area contributed by atoms with Crippen molar-refractivity contribution in [3.8, 4) is 0 Å². The maximum Gasteiger partial charge on any atom is 0.316 e. The summed E-state index contributed by atoms with van der Waals surface area (Å²) < 4.78 is 0. The van der Waals surface area contributed by atoms with Crippen molar-refractivity contribution in [2.45, 2.75) is 0 Å². The summed E-state index contributed by atoms with van der Waals surface area (Å²) in [6, 6.07) is 0.